The van der Waals surface area contributed by atoms with Crippen molar-refractivity contribution in [3.8, 4) is 5.75 Å². The maximum Gasteiger partial charge on any atom is 0.491 e. The first-order chi connectivity index (χ1) is 13.2. The molecule has 0 atom stereocenters. The van der Waals surface area contributed by atoms with Crippen molar-refractivity contribution >= 4 is 12.7 Å². The van der Waals surface area contributed by atoms with Gasteiger partial charge in [-0.05, 0) is 63.4 Å². The van der Waals surface area contributed by atoms with Crippen LogP contribution in [0.5, 0.6) is 5.75 Å². The lowest BCUT2D eigenvalue weighted by atomic mass is 9.70. The summed E-state index contributed by atoms with van der Waals surface area (Å²) in [6.45, 7) is 10.5. The number of hydrogen-bond donors (Lipinski definition) is 0. The standard InChI is InChI=1S/C22H25BFNO3/c1-6-17(23-27-21(2,3)22(4,5)28-23)20-15-8-7-11-25-18(15)13-26-19-12-14(24)9-10-16(19)20/h7-12H,6,13H2,1-5H3/b20-17+. The molecule has 0 N–H and O–H groups in total. The number of fused-ring (bicyclic) bond motifs is 2. The van der Waals surface area contributed by atoms with Crippen molar-refractivity contribution in [1.29, 1.82) is 0 Å². The van der Waals surface area contributed by atoms with Crippen molar-refractivity contribution < 1.29 is 18.4 Å². The number of rotatable bonds is 2. The lowest BCUT2D eigenvalue weighted by molar-refractivity contribution is 0.00578. The van der Waals surface area contributed by atoms with Crippen LogP contribution in [0.15, 0.2) is 42.0 Å². The summed E-state index contributed by atoms with van der Waals surface area (Å²) in [4.78, 5) is 4.50. The van der Waals surface area contributed by atoms with E-state index in [1.54, 1.807) is 12.3 Å². The zero-order valence-electron chi connectivity index (χ0n) is 17.0. The van der Waals surface area contributed by atoms with E-state index in [0.29, 0.717) is 5.75 Å². The monoisotopic (exact) mass is 381 g/mol. The molecular formula is C22H25BFNO3. The fourth-order valence-corrected chi connectivity index (χ4v) is 3.69. The van der Waals surface area contributed by atoms with Crippen LogP contribution in [0.1, 0.15) is 57.9 Å². The molecule has 1 aromatic carbocycles. The van der Waals surface area contributed by atoms with Crippen molar-refractivity contribution in [2.45, 2.75) is 58.8 Å². The molecule has 0 aliphatic carbocycles. The van der Waals surface area contributed by atoms with Crippen LogP contribution in [0.3, 0.4) is 0 Å². The first-order valence-electron chi connectivity index (χ1n) is 9.69. The number of pyridine rings is 1. The van der Waals surface area contributed by atoms with Gasteiger partial charge in [0.15, 0.2) is 0 Å². The Labute approximate surface area is 165 Å². The minimum atomic E-state index is -0.492. The number of benzene rings is 1. The average molecular weight is 381 g/mol. The van der Waals surface area contributed by atoms with E-state index in [-0.39, 0.29) is 12.4 Å². The number of hydrogen-bond acceptors (Lipinski definition) is 4. The van der Waals surface area contributed by atoms with Crippen molar-refractivity contribution in [2.75, 3.05) is 0 Å². The predicted octanol–water partition coefficient (Wildman–Crippen LogP) is 4.96. The minimum absolute atomic E-state index is 0.288. The molecule has 2 aromatic rings. The zero-order valence-corrected chi connectivity index (χ0v) is 17.0. The van der Waals surface area contributed by atoms with Crippen LogP contribution >= 0.6 is 0 Å². The topological polar surface area (TPSA) is 40.6 Å². The first-order valence-corrected chi connectivity index (χ1v) is 9.69. The Morgan fingerprint density at radius 1 is 1.11 bits per heavy atom. The van der Waals surface area contributed by atoms with Crippen molar-refractivity contribution in [1.82, 2.24) is 4.98 Å². The average Bonchev–Trinajstić information content (AvgIpc) is 2.77. The van der Waals surface area contributed by atoms with Gasteiger partial charge in [-0.3, -0.25) is 4.98 Å². The highest BCUT2D eigenvalue weighted by molar-refractivity contribution is 6.56. The third kappa shape index (κ3) is 3.05. The molecule has 1 aromatic heterocycles. The smallest absolute Gasteiger partial charge is 0.487 e. The molecule has 3 heterocycles. The molecule has 0 spiro atoms. The Morgan fingerprint density at radius 3 is 2.50 bits per heavy atom. The summed E-state index contributed by atoms with van der Waals surface area (Å²) in [6, 6.07) is 8.59. The van der Waals surface area contributed by atoms with Gasteiger partial charge in [-0.15, -0.1) is 0 Å². The highest BCUT2D eigenvalue weighted by Gasteiger charge is 2.52. The van der Waals surface area contributed by atoms with E-state index in [9.17, 15) is 4.39 Å². The summed E-state index contributed by atoms with van der Waals surface area (Å²) in [7, 11) is -0.492. The molecule has 4 nitrogen and oxygen atoms in total. The van der Waals surface area contributed by atoms with Gasteiger partial charge >= 0.3 is 7.12 Å². The van der Waals surface area contributed by atoms with Gasteiger partial charge in [-0.25, -0.2) is 4.39 Å². The van der Waals surface area contributed by atoms with Gasteiger partial charge in [0, 0.05) is 23.4 Å². The largest absolute Gasteiger partial charge is 0.491 e. The van der Waals surface area contributed by atoms with Crippen LogP contribution < -0.4 is 4.74 Å². The molecule has 0 amide bonds. The highest BCUT2D eigenvalue weighted by atomic mass is 19.1. The molecule has 1 fully saturated rings. The van der Waals surface area contributed by atoms with Crippen LogP contribution in [-0.2, 0) is 15.9 Å². The normalized spacial score (nSPS) is 21.4. The second-order valence-electron chi connectivity index (χ2n) is 8.27. The Balaban J connectivity index is 1.96. The molecule has 1 saturated heterocycles. The van der Waals surface area contributed by atoms with E-state index in [1.807, 2.05) is 39.8 Å². The molecular weight excluding hydrogens is 356 g/mol. The summed E-state index contributed by atoms with van der Waals surface area (Å²) < 4.78 is 32.5. The lowest BCUT2D eigenvalue weighted by Crippen LogP contribution is -2.41. The number of allylic oxidation sites excluding steroid dienone is 1. The fraction of sp³-hybridized carbons (Fsp3) is 0.409. The molecule has 28 heavy (non-hydrogen) atoms. The summed E-state index contributed by atoms with van der Waals surface area (Å²) in [5.41, 5.74) is 3.70. The summed E-state index contributed by atoms with van der Waals surface area (Å²) >= 11 is 0. The van der Waals surface area contributed by atoms with E-state index in [2.05, 4.69) is 11.9 Å². The maximum absolute atomic E-state index is 13.9. The van der Waals surface area contributed by atoms with Crippen LogP contribution in [0, 0.1) is 5.82 Å². The molecule has 0 saturated carbocycles. The molecule has 146 valence electrons. The number of ether oxygens (including phenoxy) is 1. The maximum atomic E-state index is 13.9. The number of aromatic nitrogens is 1. The molecule has 2 aliphatic heterocycles. The minimum Gasteiger partial charge on any atom is -0.487 e. The van der Waals surface area contributed by atoms with E-state index in [4.69, 9.17) is 14.0 Å². The first kappa shape index (κ1) is 19.2. The number of halogens is 1. The van der Waals surface area contributed by atoms with Gasteiger partial charge in [0.1, 0.15) is 18.2 Å². The molecule has 0 unspecified atom stereocenters. The predicted molar refractivity (Wildman–Crippen MR) is 107 cm³/mol. The van der Waals surface area contributed by atoms with Crippen molar-refractivity contribution in [3.63, 3.8) is 0 Å². The molecule has 2 aliphatic rings. The Morgan fingerprint density at radius 2 is 1.82 bits per heavy atom. The third-order valence-electron chi connectivity index (χ3n) is 5.98. The van der Waals surface area contributed by atoms with Gasteiger partial charge in [-0.2, -0.15) is 0 Å². The Kier molecular flexibility index (Phi) is 4.59. The van der Waals surface area contributed by atoms with Crippen molar-refractivity contribution in [2.24, 2.45) is 0 Å². The van der Waals surface area contributed by atoms with Gasteiger partial charge in [0.05, 0.1) is 16.9 Å². The molecule has 6 heteroatoms. The fourth-order valence-electron chi connectivity index (χ4n) is 3.69. The summed E-state index contributed by atoms with van der Waals surface area (Å²) in [5.74, 6) is 0.182. The van der Waals surface area contributed by atoms with Gasteiger partial charge in [0.2, 0.25) is 0 Å². The SMILES string of the molecule is CC/C(B1OC(C)(C)C(C)(C)O1)=C1\c2ccc(F)cc2OCc2ncccc21. The second kappa shape index (κ2) is 6.71. The highest BCUT2D eigenvalue weighted by Crippen LogP contribution is 2.44. The summed E-state index contributed by atoms with van der Waals surface area (Å²) in [5, 5.41) is 0. The van der Waals surface area contributed by atoms with E-state index >= 15 is 0 Å². The third-order valence-corrected chi connectivity index (χ3v) is 5.98. The Bertz CT molecular complexity index is 939. The van der Waals surface area contributed by atoms with E-state index in [0.717, 1.165) is 34.3 Å². The van der Waals surface area contributed by atoms with Gasteiger partial charge in [0.25, 0.3) is 0 Å². The lowest BCUT2D eigenvalue weighted by Gasteiger charge is -2.32. The molecule has 4 rings (SSSR count). The van der Waals surface area contributed by atoms with E-state index in [1.165, 1.54) is 12.1 Å². The van der Waals surface area contributed by atoms with Gasteiger partial charge < -0.3 is 14.0 Å². The quantitative estimate of drug-likeness (QED) is 0.690. The van der Waals surface area contributed by atoms with Crippen LogP contribution in [0.25, 0.3) is 5.57 Å². The molecule has 0 radical (unpaired) electrons. The number of nitrogens with zero attached hydrogens (tertiary/aromatic N) is 1. The summed E-state index contributed by atoms with van der Waals surface area (Å²) in [6.07, 6.45) is 2.47. The Hall–Kier alpha value is -2.18. The van der Waals surface area contributed by atoms with Crippen LogP contribution in [-0.4, -0.2) is 23.3 Å². The molecule has 0 bridgehead atoms. The zero-order chi connectivity index (χ0) is 20.1. The van der Waals surface area contributed by atoms with E-state index < -0.39 is 18.3 Å². The van der Waals surface area contributed by atoms with Gasteiger partial charge in [-0.1, -0.05) is 13.0 Å². The van der Waals surface area contributed by atoms with Crippen LogP contribution in [0.4, 0.5) is 4.39 Å². The van der Waals surface area contributed by atoms with Crippen molar-refractivity contribution in [3.05, 3.63) is 64.6 Å². The van der Waals surface area contributed by atoms with Crippen LogP contribution in [0.2, 0.25) is 0 Å². The second-order valence-corrected chi connectivity index (χ2v) is 8.27.